The lowest BCUT2D eigenvalue weighted by molar-refractivity contribution is -0.122. The standard InChI is InChI=1S/C23H26N6O2S/c1-15-6-8-17(9-7-15)22-26-27-23(32)29(22)14-20(30)25-18-4-2-3-5-19(18)28-12-10-16(11-13-28)21(24)31/h2-9,16H,10-14H2,1H3,(H2,24,31)(H,25,30)(H,27,32). The van der Waals surface area contributed by atoms with E-state index in [1.54, 1.807) is 4.57 Å². The molecule has 8 nitrogen and oxygen atoms in total. The van der Waals surface area contributed by atoms with E-state index in [-0.39, 0.29) is 24.3 Å². The van der Waals surface area contributed by atoms with E-state index >= 15 is 0 Å². The molecule has 0 spiro atoms. The van der Waals surface area contributed by atoms with E-state index in [2.05, 4.69) is 20.4 Å². The van der Waals surface area contributed by atoms with E-state index in [0.717, 1.165) is 22.5 Å². The predicted molar refractivity (Wildman–Crippen MR) is 127 cm³/mol. The predicted octanol–water partition coefficient (Wildman–Crippen LogP) is 3.26. The highest BCUT2D eigenvalue weighted by Gasteiger charge is 2.24. The largest absolute Gasteiger partial charge is 0.370 e. The lowest BCUT2D eigenvalue weighted by atomic mass is 9.96. The van der Waals surface area contributed by atoms with Crippen molar-refractivity contribution in [2.24, 2.45) is 11.7 Å². The molecular weight excluding hydrogens is 424 g/mol. The van der Waals surface area contributed by atoms with Crippen LogP contribution >= 0.6 is 12.2 Å². The molecule has 166 valence electrons. The van der Waals surface area contributed by atoms with E-state index in [4.69, 9.17) is 18.0 Å². The van der Waals surface area contributed by atoms with Crippen molar-refractivity contribution in [1.29, 1.82) is 0 Å². The smallest absolute Gasteiger partial charge is 0.244 e. The van der Waals surface area contributed by atoms with Crippen LogP contribution in [0, 0.1) is 17.6 Å². The van der Waals surface area contributed by atoms with Gasteiger partial charge in [0, 0.05) is 24.6 Å². The molecule has 2 heterocycles. The van der Waals surface area contributed by atoms with Gasteiger partial charge in [0.2, 0.25) is 11.8 Å². The number of aryl methyl sites for hydroxylation is 1. The minimum absolute atomic E-state index is 0.0383. The van der Waals surface area contributed by atoms with Crippen molar-refractivity contribution in [2.45, 2.75) is 26.3 Å². The highest BCUT2D eigenvalue weighted by molar-refractivity contribution is 7.71. The van der Waals surface area contributed by atoms with Crippen molar-refractivity contribution in [1.82, 2.24) is 14.8 Å². The molecule has 4 N–H and O–H groups in total. The molecule has 2 amide bonds. The highest BCUT2D eigenvalue weighted by atomic mass is 32.1. The molecule has 4 rings (SSSR count). The second kappa shape index (κ2) is 9.35. The fourth-order valence-electron chi connectivity index (χ4n) is 3.98. The average molecular weight is 451 g/mol. The monoisotopic (exact) mass is 450 g/mol. The SMILES string of the molecule is Cc1ccc(-c2n[nH]c(=S)n2CC(=O)Nc2ccccc2N2CCC(C(N)=O)CC2)cc1. The molecule has 0 radical (unpaired) electrons. The Bertz CT molecular complexity index is 1180. The number of piperidine rings is 1. The summed E-state index contributed by atoms with van der Waals surface area (Å²) in [6.07, 6.45) is 1.42. The maximum atomic E-state index is 12.9. The zero-order valence-electron chi connectivity index (χ0n) is 17.9. The summed E-state index contributed by atoms with van der Waals surface area (Å²) in [4.78, 5) is 26.6. The van der Waals surface area contributed by atoms with Gasteiger partial charge in [0.25, 0.3) is 0 Å². The Morgan fingerprint density at radius 2 is 1.84 bits per heavy atom. The summed E-state index contributed by atoms with van der Waals surface area (Å²) >= 11 is 5.36. The van der Waals surface area contributed by atoms with E-state index in [1.165, 1.54) is 0 Å². The second-order valence-corrected chi connectivity index (χ2v) is 8.42. The van der Waals surface area contributed by atoms with Crippen molar-refractivity contribution >= 4 is 35.4 Å². The Labute approximate surface area is 191 Å². The van der Waals surface area contributed by atoms with Gasteiger partial charge in [-0.1, -0.05) is 42.0 Å². The van der Waals surface area contributed by atoms with E-state index < -0.39 is 0 Å². The van der Waals surface area contributed by atoms with Crippen LogP contribution < -0.4 is 16.0 Å². The van der Waals surface area contributed by atoms with E-state index in [9.17, 15) is 9.59 Å². The van der Waals surface area contributed by atoms with Crippen LogP contribution in [-0.4, -0.2) is 39.7 Å². The normalized spacial score (nSPS) is 14.3. The third-order valence-electron chi connectivity index (χ3n) is 5.79. The quantitative estimate of drug-likeness (QED) is 0.500. The summed E-state index contributed by atoms with van der Waals surface area (Å²) in [5.74, 6) is 0.0888. The number of aromatic amines is 1. The number of nitrogens with zero attached hydrogens (tertiary/aromatic N) is 3. The minimum Gasteiger partial charge on any atom is -0.370 e. The summed E-state index contributed by atoms with van der Waals surface area (Å²) in [6, 6.07) is 15.6. The number of amides is 2. The molecule has 1 aromatic heterocycles. The first kappa shape index (κ1) is 21.8. The number of rotatable bonds is 6. The number of hydrogen-bond acceptors (Lipinski definition) is 5. The summed E-state index contributed by atoms with van der Waals surface area (Å²) in [5, 5.41) is 10.1. The summed E-state index contributed by atoms with van der Waals surface area (Å²) in [7, 11) is 0. The van der Waals surface area contributed by atoms with E-state index in [0.29, 0.717) is 36.5 Å². The van der Waals surface area contributed by atoms with Gasteiger partial charge >= 0.3 is 0 Å². The summed E-state index contributed by atoms with van der Waals surface area (Å²) in [6.45, 7) is 3.48. The van der Waals surface area contributed by atoms with Crippen LogP contribution in [0.2, 0.25) is 0 Å². The van der Waals surface area contributed by atoms with Crippen molar-refractivity contribution in [2.75, 3.05) is 23.3 Å². The first-order chi connectivity index (χ1) is 15.4. The van der Waals surface area contributed by atoms with Gasteiger partial charge in [0.15, 0.2) is 10.6 Å². The third-order valence-corrected chi connectivity index (χ3v) is 6.10. The first-order valence-electron chi connectivity index (χ1n) is 10.6. The Balaban J connectivity index is 1.50. The number of para-hydroxylation sites is 2. The minimum atomic E-state index is -0.243. The Morgan fingerprint density at radius 3 is 2.53 bits per heavy atom. The van der Waals surface area contributed by atoms with E-state index in [1.807, 2.05) is 55.5 Å². The molecule has 9 heteroatoms. The van der Waals surface area contributed by atoms with Crippen LogP contribution in [0.1, 0.15) is 18.4 Å². The average Bonchev–Trinajstić information content (AvgIpc) is 3.14. The Hall–Kier alpha value is -3.46. The molecular formula is C23H26N6O2S. The van der Waals surface area contributed by atoms with Gasteiger partial charge in [-0.2, -0.15) is 5.10 Å². The van der Waals surface area contributed by atoms with Crippen molar-refractivity contribution in [3.8, 4) is 11.4 Å². The van der Waals surface area contributed by atoms with Crippen LogP contribution in [0.3, 0.4) is 0 Å². The summed E-state index contributed by atoms with van der Waals surface area (Å²) < 4.78 is 2.08. The van der Waals surface area contributed by atoms with Gasteiger partial charge in [0.1, 0.15) is 6.54 Å². The molecule has 0 saturated carbocycles. The maximum absolute atomic E-state index is 12.9. The molecule has 1 aliphatic rings. The van der Waals surface area contributed by atoms with Crippen molar-refractivity contribution in [3.63, 3.8) is 0 Å². The molecule has 1 aliphatic heterocycles. The number of nitrogens with two attached hydrogens (primary N) is 1. The first-order valence-corrected chi connectivity index (χ1v) is 11.0. The Kier molecular flexibility index (Phi) is 6.36. The molecule has 0 bridgehead atoms. The number of aromatic nitrogens is 3. The lowest BCUT2D eigenvalue weighted by Gasteiger charge is -2.33. The lowest BCUT2D eigenvalue weighted by Crippen LogP contribution is -2.39. The molecule has 32 heavy (non-hydrogen) atoms. The van der Waals surface area contributed by atoms with Crippen LogP contribution in [0.15, 0.2) is 48.5 Å². The topological polar surface area (TPSA) is 109 Å². The number of carbonyl (C=O) groups excluding carboxylic acids is 2. The number of primary amides is 1. The van der Waals surface area contributed by atoms with Gasteiger partial charge in [-0.3, -0.25) is 19.3 Å². The molecule has 0 unspecified atom stereocenters. The van der Waals surface area contributed by atoms with Crippen LogP contribution in [0.5, 0.6) is 0 Å². The molecule has 0 aliphatic carbocycles. The zero-order valence-corrected chi connectivity index (χ0v) is 18.7. The molecule has 1 saturated heterocycles. The fraction of sp³-hybridized carbons (Fsp3) is 0.304. The number of nitrogens with one attached hydrogen (secondary N) is 2. The number of anilines is 2. The fourth-order valence-corrected chi connectivity index (χ4v) is 4.18. The highest BCUT2D eigenvalue weighted by Crippen LogP contribution is 2.30. The molecule has 3 aromatic rings. The Morgan fingerprint density at radius 1 is 1.16 bits per heavy atom. The van der Waals surface area contributed by atoms with Crippen LogP contribution in [-0.2, 0) is 16.1 Å². The number of H-pyrrole nitrogens is 1. The molecule has 1 fully saturated rings. The van der Waals surface area contributed by atoms with Crippen LogP contribution in [0.4, 0.5) is 11.4 Å². The molecule has 0 atom stereocenters. The third kappa shape index (κ3) is 4.72. The summed E-state index contributed by atoms with van der Waals surface area (Å²) in [5.41, 5.74) is 9.13. The number of hydrogen-bond donors (Lipinski definition) is 3. The maximum Gasteiger partial charge on any atom is 0.244 e. The van der Waals surface area contributed by atoms with Gasteiger partial charge in [-0.25, -0.2) is 0 Å². The second-order valence-electron chi connectivity index (χ2n) is 8.03. The zero-order chi connectivity index (χ0) is 22.7. The molecule has 2 aromatic carbocycles. The van der Waals surface area contributed by atoms with Gasteiger partial charge in [-0.05, 0) is 44.1 Å². The van der Waals surface area contributed by atoms with Gasteiger partial charge in [-0.15, -0.1) is 0 Å². The van der Waals surface area contributed by atoms with Gasteiger partial charge < -0.3 is 16.0 Å². The number of benzene rings is 2. The number of carbonyl (C=O) groups is 2. The van der Waals surface area contributed by atoms with Crippen LogP contribution in [0.25, 0.3) is 11.4 Å². The van der Waals surface area contributed by atoms with Crippen molar-refractivity contribution in [3.05, 3.63) is 58.9 Å². The van der Waals surface area contributed by atoms with Crippen molar-refractivity contribution < 1.29 is 9.59 Å². The van der Waals surface area contributed by atoms with Gasteiger partial charge in [0.05, 0.1) is 11.4 Å².